The van der Waals surface area contributed by atoms with E-state index in [4.69, 9.17) is 5.11 Å². The van der Waals surface area contributed by atoms with Crippen LogP contribution < -0.4 is 0 Å². The van der Waals surface area contributed by atoms with Crippen molar-refractivity contribution in [2.45, 2.75) is 38.6 Å². The Hall–Kier alpha value is -1.54. The molecule has 0 aromatic carbocycles. The maximum Gasteiger partial charge on any atom is 0.303 e. The normalized spacial score (nSPS) is 19.8. The van der Waals surface area contributed by atoms with Gasteiger partial charge in [0.2, 0.25) is 10.0 Å². The zero-order chi connectivity index (χ0) is 15.6. The molecule has 1 atom stereocenters. The summed E-state index contributed by atoms with van der Waals surface area (Å²) in [5.74, 6) is -0.412. The van der Waals surface area contributed by atoms with Crippen LogP contribution in [0.4, 0.5) is 0 Å². The van der Waals surface area contributed by atoms with Crippen LogP contribution in [0.3, 0.4) is 0 Å². The Kier molecular flexibility index (Phi) is 4.58. The first-order chi connectivity index (χ1) is 9.77. The predicted molar refractivity (Wildman–Crippen MR) is 76.3 cm³/mol. The van der Waals surface area contributed by atoms with Gasteiger partial charge >= 0.3 is 5.97 Å². The summed E-state index contributed by atoms with van der Waals surface area (Å²) in [5, 5.41) is 8.74. The minimum absolute atomic E-state index is 0.00362. The summed E-state index contributed by atoms with van der Waals surface area (Å²) in [4.78, 5) is 19.4. The number of rotatable bonds is 5. The zero-order valence-corrected chi connectivity index (χ0v) is 12.9. The number of nitrogens with zero attached hydrogens (tertiary/aromatic N) is 3. The Morgan fingerprint density at radius 3 is 2.81 bits per heavy atom. The average Bonchev–Trinajstić information content (AvgIpc) is 2.84. The third-order valence-corrected chi connectivity index (χ3v) is 4.74. The monoisotopic (exact) mass is 313 g/mol. The largest absolute Gasteiger partial charge is 0.481 e. The van der Waals surface area contributed by atoms with E-state index >= 15 is 0 Å². The zero-order valence-electron chi connectivity index (χ0n) is 12.1. The molecule has 1 saturated heterocycles. The highest BCUT2D eigenvalue weighted by Crippen LogP contribution is 2.32. The Bertz CT molecular complexity index is 645. The van der Waals surface area contributed by atoms with E-state index in [2.05, 4.69) is 9.97 Å². The first kappa shape index (κ1) is 15.8. The van der Waals surface area contributed by atoms with Gasteiger partial charge in [0.05, 0.1) is 18.7 Å². The predicted octanol–water partition coefficient (Wildman–Crippen LogP) is 0.899. The molecule has 2 heterocycles. The van der Waals surface area contributed by atoms with Crippen LogP contribution in [0, 0.1) is 6.92 Å². The first-order valence-electron chi connectivity index (χ1n) is 6.80. The van der Waals surface area contributed by atoms with Gasteiger partial charge in [-0.25, -0.2) is 18.4 Å². The lowest BCUT2D eigenvalue weighted by Gasteiger charge is -2.21. The van der Waals surface area contributed by atoms with E-state index in [-0.39, 0.29) is 12.5 Å². The summed E-state index contributed by atoms with van der Waals surface area (Å²) < 4.78 is 25.0. The molecule has 0 spiro atoms. The number of aryl methyl sites for hydroxylation is 2. The molecule has 0 unspecified atom stereocenters. The molecular formula is C13H19N3O4S. The summed E-state index contributed by atoms with van der Waals surface area (Å²) in [6, 6.07) is 1.40. The van der Waals surface area contributed by atoms with Crippen molar-refractivity contribution < 1.29 is 18.3 Å². The summed E-state index contributed by atoms with van der Waals surface area (Å²) in [7, 11) is -3.29. The average molecular weight is 313 g/mol. The number of sulfonamides is 1. The van der Waals surface area contributed by atoms with Crippen molar-refractivity contribution >= 4 is 16.0 Å². The molecule has 1 fully saturated rings. The maximum absolute atomic E-state index is 11.8. The van der Waals surface area contributed by atoms with Crippen LogP contribution in [0.15, 0.2) is 6.07 Å². The maximum atomic E-state index is 11.8. The van der Waals surface area contributed by atoms with Gasteiger partial charge in [0.15, 0.2) is 0 Å². The van der Waals surface area contributed by atoms with E-state index in [1.807, 2.05) is 0 Å². The Balaban J connectivity index is 2.28. The van der Waals surface area contributed by atoms with Crippen LogP contribution in [0.25, 0.3) is 0 Å². The molecule has 0 amide bonds. The van der Waals surface area contributed by atoms with Crippen LogP contribution in [0.1, 0.15) is 42.5 Å². The van der Waals surface area contributed by atoms with Crippen molar-refractivity contribution in [2.75, 3.05) is 12.8 Å². The van der Waals surface area contributed by atoms with Crippen molar-refractivity contribution in [3.63, 3.8) is 0 Å². The molecule has 7 nitrogen and oxygen atoms in total. The second-order valence-electron chi connectivity index (χ2n) is 5.28. The van der Waals surface area contributed by atoms with E-state index in [0.29, 0.717) is 30.9 Å². The molecule has 1 aliphatic heterocycles. The molecule has 0 aliphatic carbocycles. The number of hydrogen-bond donors (Lipinski definition) is 1. The highest BCUT2D eigenvalue weighted by atomic mass is 32.2. The van der Waals surface area contributed by atoms with Gasteiger partial charge in [-0.3, -0.25) is 4.79 Å². The highest BCUT2D eigenvalue weighted by molar-refractivity contribution is 7.88. The minimum Gasteiger partial charge on any atom is -0.481 e. The second kappa shape index (κ2) is 6.07. The number of carboxylic acids is 1. The third kappa shape index (κ3) is 3.98. The molecule has 116 valence electrons. The summed E-state index contributed by atoms with van der Waals surface area (Å²) in [5.41, 5.74) is 1.36. The minimum atomic E-state index is -3.29. The first-order valence-corrected chi connectivity index (χ1v) is 8.65. The van der Waals surface area contributed by atoms with Gasteiger partial charge in [0, 0.05) is 24.4 Å². The van der Waals surface area contributed by atoms with Crippen molar-refractivity contribution in [1.82, 2.24) is 14.3 Å². The summed E-state index contributed by atoms with van der Waals surface area (Å²) >= 11 is 0. The Labute approximate surface area is 124 Å². The van der Waals surface area contributed by atoms with Crippen molar-refractivity contribution in [3.8, 4) is 0 Å². The lowest BCUT2D eigenvalue weighted by atomic mass is 10.1. The smallest absolute Gasteiger partial charge is 0.303 e. The molecule has 0 saturated carbocycles. The van der Waals surface area contributed by atoms with Crippen LogP contribution >= 0.6 is 0 Å². The molecule has 21 heavy (non-hydrogen) atoms. The van der Waals surface area contributed by atoms with E-state index in [9.17, 15) is 13.2 Å². The summed E-state index contributed by atoms with van der Waals surface area (Å²) in [6.45, 7) is 2.28. The quantitative estimate of drug-likeness (QED) is 0.866. The number of aliphatic carboxylic acids is 1. The number of carbonyl (C=O) groups is 1. The fraction of sp³-hybridized carbons (Fsp3) is 0.615. The van der Waals surface area contributed by atoms with Crippen molar-refractivity contribution in [3.05, 3.63) is 23.3 Å². The number of hydrogen-bond acceptors (Lipinski definition) is 5. The SMILES string of the molecule is Cc1cc(CCC(=O)O)nc([C@H]2CCCN2S(C)(=O)=O)n1. The Morgan fingerprint density at radius 2 is 2.19 bits per heavy atom. The van der Waals surface area contributed by atoms with Crippen LogP contribution in [-0.2, 0) is 21.2 Å². The molecule has 0 radical (unpaired) electrons. The molecule has 1 aliphatic rings. The molecule has 2 rings (SSSR count). The van der Waals surface area contributed by atoms with Gasteiger partial charge in [0.1, 0.15) is 5.82 Å². The van der Waals surface area contributed by atoms with E-state index in [1.165, 1.54) is 10.6 Å². The Morgan fingerprint density at radius 1 is 1.48 bits per heavy atom. The summed E-state index contributed by atoms with van der Waals surface area (Å²) in [6.07, 6.45) is 2.97. The van der Waals surface area contributed by atoms with Gasteiger partial charge in [-0.15, -0.1) is 0 Å². The van der Waals surface area contributed by atoms with Crippen molar-refractivity contribution in [2.24, 2.45) is 0 Å². The number of carboxylic acid groups (broad SMARTS) is 1. The number of aromatic nitrogens is 2. The molecule has 8 heteroatoms. The third-order valence-electron chi connectivity index (χ3n) is 3.45. The molecule has 1 aromatic rings. The van der Waals surface area contributed by atoms with Gasteiger partial charge in [-0.2, -0.15) is 4.31 Å². The van der Waals surface area contributed by atoms with Gasteiger partial charge < -0.3 is 5.11 Å². The van der Waals surface area contributed by atoms with E-state index < -0.39 is 16.0 Å². The highest BCUT2D eigenvalue weighted by Gasteiger charge is 2.34. The van der Waals surface area contributed by atoms with Gasteiger partial charge in [-0.1, -0.05) is 0 Å². The van der Waals surface area contributed by atoms with Crippen molar-refractivity contribution in [1.29, 1.82) is 0 Å². The van der Waals surface area contributed by atoms with Gasteiger partial charge in [-0.05, 0) is 25.8 Å². The standard InChI is InChI=1S/C13H19N3O4S/c1-9-8-10(5-6-12(17)18)15-13(14-9)11-4-3-7-16(11)21(2,19)20/h8,11H,3-7H2,1-2H3,(H,17,18)/t11-/m1/s1. The second-order valence-corrected chi connectivity index (χ2v) is 7.22. The lowest BCUT2D eigenvalue weighted by Crippen LogP contribution is -2.30. The fourth-order valence-electron chi connectivity index (χ4n) is 2.57. The van der Waals surface area contributed by atoms with E-state index in [0.717, 1.165) is 12.1 Å². The fourth-order valence-corrected chi connectivity index (χ4v) is 3.69. The topological polar surface area (TPSA) is 100 Å². The van der Waals surface area contributed by atoms with Crippen LogP contribution in [0.2, 0.25) is 0 Å². The van der Waals surface area contributed by atoms with Gasteiger partial charge in [0.25, 0.3) is 0 Å². The molecule has 1 N–H and O–H groups in total. The van der Waals surface area contributed by atoms with Crippen LogP contribution in [-0.4, -0.2) is 46.6 Å². The van der Waals surface area contributed by atoms with Crippen LogP contribution in [0.5, 0.6) is 0 Å². The molecular weight excluding hydrogens is 294 g/mol. The molecule has 0 bridgehead atoms. The molecule has 1 aromatic heterocycles. The lowest BCUT2D eigenvalue weighted by molar-refractivity contribution is -0.136. The van der Waals surface area contributed by atoms with E-state index in [1.54, 1.807) is 13.0 Å².